The maximum atomic E-state index is 12.7. The fourth-order valence-electron chi connectivity index (χ4n) is 9.15. The molecule has 4 aromatic carbocycles. The third-order valence-electron chi connectivity index (χ3n) is 13.2. The monoisotopic (exact) mass is 907 g/mol. The third kappa shape index (κ3) is 14.4. The number of unbranched alkanes of at least 4 members (excludes halogenated alkanes) is 14. The van der Waals surface area contributed by atoms with Crippen molar-refractivity contribution in [3.63, 3.8) is 0 Å². The Morgan fingerprint density at radius 3 is 0.939 bits per heavy atom. The summed E-state index contributed by atoms with van der Waals surface area (Å²) in [5.41, 5.74) is 5.55. The molecule has 1 aliphatic rings. The van der Waals surface area contributed by atoms with Crippen molar-refractivity contribution in [2.24, 2.45) is 0 Å². The summed E-state index contributed by atoms with van der Waals surface area (Å²) >= 11 is 0. The van der Waals surface area contributed by atoms with Crippen molar-refractivity contribution < 1.29 is 29.5 Å². The van der Waals surface area contributed by atoms with Crippen molar-refractivity contribution in [2.75, 3.05) is 13.2 Å². The number of phenols is 2. The van der Waals surface area contributed by atoms with E-state index in [1.54, 1.807) is 0 Å². The van der Waals surface area contributed by atoms with Gasteiger partial charge in [-0.25, -0.2) is 0 Å². The number of phenolic OH excluding ortho intramolecular Hbond substituents is 2. The standard InChI is InChI=1S/C56H78N2O8/c1-9-11-13-15-17-19-21-23-25-65-53-43-27-39-35-49(57(61)62)37-41(51(39)59)29-45-33-48(56(6,7)8)34-46(54(45)66-26-24-22-20-18-16-14-12-10-2)30-42-38-50(58(63)64)36-40(52(42)60)28-44(53)32-47(31-43)55(3,4)5/h31-38,59-60H,9-30H2,1-8H3. The van der Waals surface area contributed by atoms with Crippen molar-refractivity contribution in [2.45, 2.75) is 195 Å². The van der Waals surface area contributed by atoms with Crippen molar-refractivity contribution in [3.05, 3.63) is 124 Å². The van der Waals surface area contributed by atoms with Crippen molar-refractivity contribution >= 4 is 11.4 Å². The van der Waals surface area contributed by atoms with Crippen LogP contribution in [-0.4, -0.2) is 33.3 Å². The molecule has 0 amide bonds. The molecule has 0 fully saturated rings. The van der Waals surface area contributed by atoms with E-state index in [1.807, 2.05) is 0 Å². The number of hydrogen-bond donors (Lipinski definition) is 2. The van der Waals surface area contributed by atoms with Gasteiger partial charge in [0.05, 0.1) is 23.1 Å². The molecule has 0 saturated heterocycles. The highest BCUT2D eigenvalue weighted by molar-refractivity contribution is 5.61. The lowest BCUT2D eigenvalue weighted by Crippen LogP contribution is -2.15. The minimum absolute atomic E-state index is 0.0142. The molecule has 0 unspecified atom stereocenters. The molecule has 0 atom stereocenters. The van der Waals surface area contributed by atoms with Crippen LogP contribution >= 0.6 is 0 Å². The van der Waals surface area contributed by atoms with Gasteiger partial charge in [0.1, 0.15) is 23.0 Å². The van der Waals surface area contributed by atoms with Crippen LogP contribution in [0.3, 0.4) is 0 Å². The van der Waals surface area contributed by atoms with Gasteiger partial charge in [-0.3, -0.25) is 20.2 Å². The Morgan fingerprint density at radius 2 is 0.697 bits per heavy atom. The smallest absolute Gasteiger partial charge is 0.270 e. The molecule has 0 radical (unpaired) electrons. The molecule has 4 aromatic rings. The molecular weight excluding hydrogens is 829 g/mol. The SMILES string of the molecule is CCCCCCCCCCOc1c2cc(C(C)(C)C)cc1Cc1cc([N+](=O)[O-])cc(c1O)Cc1cc(C(C)(C)C)cc(c1OCCCCCCCCCC)Cc1cc([N+](=O)[O-])cc(c1O)C2. The number of benzene rings is 4. The van der Waals surface area contributed by atoms with Crippen LogP contribution < -0.4 is 9.47 Å². The van der Waals surface area contributed by atoms with E-state index in [1.165, 1.54) is 88.5 Å². The molecule has 10 heteroatoms. The lowest BCUT2D eigenvalue weighted by Gasteiger charge is -2.26. The van der Waals surface area contributed by atoms with Crippen LogP contribution in [0.4, 0.5) is 11.4 Å². The van der Waals surface area contributed by atoms with Crippen molar-refractivity contribution in [1.82, 2.24) is 0 Å². The zero-order valence-corrected chi connectivity index (χ0v) is 41.4. The molecule has 0 aromatic heterocycles. The topological polar surface area (TPSA) is 145 Å². The van der Waals surface area contributed by atoms with Gasteiger partial charge in [-0.05, 0) is 57.1 Å². The number of nitro groups is 2. The highest BCUT2D eigenvalue weighted by atomic mass is 16.6. The number of hydrogen-bond acceptors (Lipinski definition) is 8. The van der Waals surface area contributed by atoms with E-state index >= 15 is 0 Å². The average molecular weight is 907 g/mol. The first-order chi connectivity index (χ1) is 31.4. The summed E-state index contributed by atoms with van der Waals surface area (Å²) in [5.74, 6) is 1.10. The van der Waals surface area contributed by atoms with Crippen LogP contribution in [0.25, 0.3) is 0 Å². The highest BCUT2D eigenvalue weighted by Crippen LogP contribution is 2.43. The average Bonchev–Trinajstić information content (AvgIpc) is 3.25. The summed E-state index contributed by atoms with van der Waals surface area (Å²) in [6, 6.07) is 14.1. The van der Waals surface area contributed by atoms with Gasteiger partial charge in [-0.1, -0.05) is 170 Å². The fourth-order valence-corrected chi connectivity index (χ4v) is 9.15. The fraction of sp³-hybridized carbons (Fsp3) is 0.571. The van der Waals surface area contributed by atoms with Crippen LogP contribution in [0.1, 0.15) is 214 Å². The molecule has 0 heterocycles. The molecule has 10 nitrogen and oxygen atoms in total. The van der Waals surface area contributed by atoms with Crippen LogP contribution in [0, 0.1) is 20.2 Å². The molecule has 66 heavy (non-hydrogen) atoms. The zero-order chi connectivity index (χ0) is 48.0. The summed E-state index contributed by atoms with van der Waals surface area (Å²) in [5, 5.41) is 49.9. The molecule has 0 saturated carbocycles. The van der Waals surface area contributed by atoms with Crippen LogP contribution in [0.5, 0.6) is 23.0 Å². The number of nitro benzene ring substituents is 2. The lowest BCUT2D eigenvalue weighted by molar-refractivity contribution is -0.385. The molecular formula is C56H78N2O8. The van der Waals surface area contributed by atoms with E-state index in [4.69, 9.17) is 9.47 Å². The maximum absolute atomic E-state index is 12.7. The molecule has 360 valence electrons. The molecule has 0 aliphatic heterocycles. The summed E-state index contributed by atoms with van der Waals surface area (Å²) in [4.78, 5) is 24.6. The number of nitrogens with zero attached hydrogens (tertiary/aromatic N) is 2. The predicted molar refractivity (Wildman–Crippen MR) is 267 cm³/mol. The maximum Gasteiger partial charge on any atom is 0.270 e. The summed E-state index contributed by atoms with van der Waals surface area (Å²) in [6.07, 6.45) is 18.6. The Balaban J connectivity index is 1.69. The predicted octanol–water partition coefficient (Wildman–Crippen LogP) is 15.2. The van der Waals surface area contributed by atoms with Crippen LogP contribution in [-0.2, 0) is 36.5 Å². The van der Waals surface area contributed by atoms with E-state index in [2.05, 4.69) is 79.7 Å². The Bertz CT molecular complexity index is 2010. The van der Waals surface area contributed by atoms with E-state index in [-0.39, 0.29) is 59.4 Å². The largest absolute Gasteiger partial charge is 0.507 e. The van der Waals surface area contributed by atoms with Gasteiger partial charge in [-0.15, -0.1) is 0 Å². The first-order valence-corrected chi connectivity index (χ1v) is 25.0. The van der Waals surface area contributed by atoms with Gasteiger partial charge in [0, 0.05) is 72.2 Å². The number of rotatable bonds is 22. The molecule has 2 N–H and O–H groups in total. The van der Waals surface area contributed by atoms with E-state index < -0.39 is 9.85 Å². The minimum Gasteiger partial charge on any atom is -0.507 e. The second-order valence-electron chi connectivity index (χ2n) is 20.8. The quantitative estimate of drug-likeness (QED) is 0.0397. The Labute approximate surface area is 394 Å². The van der Waals surface area contributed by atoms with Gasteiger partial charge < -0.3 is 19.7 Å². The Kier molecular flexibility index (Phi) is 18.9. The highest BCUT2D eigenvalue weighted by Gasteiger charge is 2.28. The first-order valence-electron chi connectivity index (χ1n) is 25.0. The van der Waals surface area contributed by atoms with Gasteiger partial charge in [0.15, 0.2) is 0 Å². The summed E-state index contributed by atoms with van der Waals surface area (Å²) in [7, 11) is 0. The molecule has 8 bridgehead atoms. The van der Waals surface area contributed by atoms with Gasteiger partial charge in [0.25, 0.3) is 11.4 Å². The van der Waals surface area contributed by atoms with Gasteiger partial charge in [0.2, 0.25) is 0 Å². The summed E-state index contributed by atoms with van der Waals surface area (Å²) in [6.45, 7) is 17.9. The minimum atomic E-state index is -0.403. The number of non-ortho nitro benzene ring substituents is 2. The second-order valence-corrected chi connectivity index (χ2v) is 20.8. The van der Waals surface area contributed by atoms with Crippen molar-refractivity contribution in [3.8, 4) is 23.0 Å². The van der Waals surface area contributed by atoms with Crippen LogP contribution in [0.2, 0.25) is 0 Å². The molecule has 1 aliphatic carbocycles. The van der Waals surface area contributed by atoms with E-state index in [0.717, 1.165) is 71.9 Å². The lowest BCUT2D eigenvalue weighted by atomic mass is 9.81. The van der Waals surface area contributed by atoms with Gasteiger partial charge >= 0.3 is 0 Å². The first kappa shape index (κ1) is 51.9. The number of ether oxygens (including phenoxy) is 2. The number of fused-ring (bicyclic) bond motifs is 8. The third-order valence-corrected chi connectivity index (χ3v) is 13.2. The summed E-state index contributed by atoms with van der Waals surface area (Å²) < 4.78 is 13.5. The Morgan fingerprint density at radius 1 is 0.439 bits per heavy atom. The zero-order valence-electron chi connectivity index (χ0n) is 41.4. The molecule has 5 rings (SSSR count). The van der Waals surface area contributed by atoms with Crippen LogP contribution in [0.15, 0.2) is 48.5 Å². The number of aromatic hydroxyl groups is 2. The van der Waals surface area contributed by atoms with E-state index in [0.29, 0.717) is 47.0 Å². The van der Waals surface area contributed by atoms with E-state index in [9.17, 15) is 30.4 Å². The normalized spacial score (nSPS) is 12.8. The van der Waals surface area contributed by atoms with Gasteiger partial charge in [-0.2, -0.15) is 0 Å². The molecule has 0 spiro atoms. The van der Waals surface area contributed by atoms with Crippen molar-refractivity contribution in [1.29, 1.82) is 0 Å². The Hall–Kier alpha value is -5.12. The second kappa shape index (κ2) is 24.1.